The van der Waals surface area contributed by atoms with Gasteiger partial charge in [0.15, 0.2) is 6.29 Å². The smallest absolute Gasteiger partial charge is 0.394 e. The topological polar surface area (TPSA) is 192 Å². The van der Waals surface area contributed by atoms with Crippen molar-refractivity contribution in [2.45, 2.75) is 159 Å². The van der Waals surface area contributed by atoms with Crippen molar-refractivity contribution < 1.29 is 51.8 Å². The molecule has 0 aromatic carbocycles. The SMILES string of the molecule is CCCCCC/C=C\CCCC(=O)NC(COC1OC(CO)C(O)C(OS(=O)(=O)O)C1O)C(O)/C=C/CCCCCCCCC. The monoisotopic (exact) mass is 665 g/mol. The van der Waals surface area contributed by atoms with Crippen LogP contribution in [0.25, 0.3) is 0 Å². The first-order chi connectivity index (χ1) is 21.5. The zero-order valence-corrected chi connectivity index (χ0v) is 28.0. The number of amides is 1. The number of unbranched alkanes of at least 4 members (excludes halogenated alkanes) is 12. The van der Waals surface area contributed by atoms with Crippen molar-refractivity contribution >= 4 is 16.3 Å². The molecule has 6 N–H and O–H groups in total. The van der Waals surface area contributed by atoms with Crippen LogP contribution in [-0.4, -0.2) is 95.4 Å². The van der Waals surface area contributed by atoms with Crippen LogP contribution >= 0.6 is 0 Å². The molecule has 264 valence electrons. The minimum atomic E-state index is -5.07. The zero-order valence-electron chi connectivity index (χ0n) is 27.2. The van der Waals surface area contributed by atoms with Crippen molar-refractivity contribution in [2.75, 3.05) is 13.2 Å². The second-order valence-corrected chi connectivity index (χ2v) is 12.8. The fraction of sp³-hybridized carbons (Fsp3) is 0.844. The van der Waals surface area contributed by atoms with E-state index in [0.717, 1.165) is 44.9 Å². The molecule has 0 spiro atoms. The molecule has 7 unspecified atom stereocenters. The first kappa shape index (κ1) is 41.6. The third-order valence-electron chi connectivity index (χ3n) is 7.73. The predicted octanol–water partition coefficient (Wildman–Crippen LogP) is 3.87. The molecule has 13 heteroatoms. The Bertz CT molecular complexity index is 930. The van der Waals surface area contributed by atoms with Crippen molar-refractivity contribution in [3.05, 3.63) is 24.3 Å². The third kappa shape index (κ3) is 19.1. The summed E-state index contributed by atoms with van der Waals surface area (Å²) in [6.07, 6.45) is 14.1. The Balaban J connectivity index is 2.77. The van der Waals surface area contributed by atoms with Crippen LogP contribution in [0.5, 0.6) is 0 Å². The van der Waals surface area contributed by atoms with Crippen LogP contribution in [0.1, 0.15) is 117 Å². The number of carbonyl (C=O) groups is 1. The Kier molecular flexibility index (Phi) is 22.8. The molecule has 45 heavy (non-hydrogen) atoms. The van der Waals surface area contributed by atoms with Crippen molar-refractivity contribution in [1.29, 1.82) is 0 Å². The van der Waals surface area contributed by atoms with Crippen LogP contribution in [0.3, 0.4) is 0 Å². The van der Waals surface area contributed by atoms with Gasteiger partial charge in [-0.2, -0.15) is 8.42 Å². The van der Waals surface area contributed by atoms with Gasteiger partial charge in [0.25, 0.3) is 0 Å². The lowest BCUT2D eigenvalue weighted by Crippen LogP contribution is -2.61. The third-order valence-corrected chi connectivity index (χ3v) is 8.19. The van der Waals surface area contributed by atoms with Gasteiger partial charge in [0.05, 0.1) is 25.4 Å². The number of allylic oxidation sites excluding steroid dienone is 3. The molecule has 0 bridgehead atoms. The van der Waals surface area contributed by atoms with Gasteiger partial charge in [-0.1, -0.05) is 95.9 Å². The second-order valence-electron chi connectivity index (χ2n) is 11.7. The van der Waals surface area contributed by atoms with E-state index in [1.165, 1.54) is 44.9 Å². The summed E-state index contributed by atoms with van der Waals surface area (Å²) in [5.74, 6) is -0.305. The van der Waals surface area contributed by atoms with Gasteiger partial charge in [-0.05, 0) is 38.5 Å². The van der Waals surface area contributed by atoms with Crippen molar-refractivity contribution in [3.8, 4) is 0 Å². The normalized spacial score (nSPS) is 23.9. The summed E-state index contributed by atoms with van der Waals surface area (Å²) in [7, 11) is -5.07. The molecular formula is C32H59NO11S. The minimum Gasteiger partial charge on any atom is -0.394 e. The molecule has 0 aliphatic carbocycles. The van der Waals surface area contributed by atoms with Crippen LogP contribution in [0.15, 0.2) is 24.3 Å². The van der Waals surface area contributed by atoms with Gasteiger partial charge in [-0.15, -0.1) is 0 Å². The lowest BCUT2D eigenvalue weighted by atomic mass is 9.99. The Morgan fingerprint density at radius 1 is 0.867 bits per heavy atom. The highest BCUT2D eigenvalue weighted by Gasteiger charge is 2.48. The number of hydrogen-bond donors (Lipinski definition) is 6. The summed E-state index contributed by atoms with van der Waals surface area (Å²) < 4.78 is 47.0. The summed E-state index contributed by atoms with van der Waals surface area (Å²) in [6.45, 7) is 3.23. The van der Waals surface area contributed by atoms with E-state index in [-0.39, 0.29) is 18.9 Å². The summed E-state index contributed by atoms with van der Waals surface area (Å²) in [5.41, 5.74) is 0. The number of nitrogens with one attached hydrogen (secondary N) is 1. The van der Waals surface area contributed by atoms with Crippen LogP contribution in [-0.2, 0) is 28.9 Å². The van der Waals surface area contributed by atoms with E-state index in [2.05, 4.69) is 35.5 Å². The van der Waals surface area contributed by atoms with Crippen LogP contribution in [0.4, 0.5) is 0 Å². The largest absolute Gasteiger partial charge is 0.397 e. The van der Waals surface area contributed by atoms with Gasteiger partial charge in [0, 0.05) is 6.42 Å². The number of carbonyl (C=O) groups excluding carboxylic acids is 1. The Labute approximate surface area is 270 Å². The summed E-state index contributed by atoms with van der Waals surface area (Å²) in [6, 6.07) is -0.951. The molecule has 0 radical (unpaired) electrons. The highest BCUT2D eigenvalue weighted by molar-refractivity contribution is 7.80. The Morgan fingerprint density at radius 3 is 2.02 bits per heavy atom. The standard InChI is InChI=1S/C32H59NO11S/c1-3-5-7-9-11-13-15-17-19-21-26(35)25(33-28(36)22-20-18-16-14-12-10-8-6-4-2)24-42-32-30(38)31(44-45(39,40)41)29(37)27(23-34)43-32/h14,16,19,21,25-27,29-32,34-35,37-38H,3-13,15,17-18,20,22-24H2,1-2H3,(H,33,36)(H,39,40,41)/b16-14-,21-19+. The van der Waals surface area contributed by atoms with E-state index >= 15 is 0 Å². The van der Waals surface area contributed by atoms with E-state index in [4.69, 9.17) is 14.0 Å². The van der Waals surface area contributed by atoms with Gasteiger partial charge in [0.2, 0.25) is 5.91 Å². The summed E-state index contributed by atoms with van der Waals surface area (Å²) in [5, 5.41) is 44.1. The zero-order chi connectivity index (χ0) is 33.5. The highest BCUT2D eigenvalue weighted by atomic mass is 32.3. The lowest BCUT2D eigenvalue weighted by molar-refractivity contribution is -0.298. The lowest BCUT2D eigenvalue weighted by Gasteiger charge is -2.41. The van der Waals surface area contributed by atoms with Crippen molar-refractivity contribution in [2.24, 2.45) is 0 Å². The summed E-state index contributed by atoms with van der Waals surface area (Å²) >= 11 is 0. The maximum absolute atomic E-state index is 12.8. The van der Waals surface area contributed by atoms with E-state index in [1.54, 1.807) is 6.08 Å². The minimum absolute atomic E-state index is 0.219. The second kappa shape index (κ2) is 24.7. The van der Waals surface area contributed by atoms with E-state index in [0.29, 0.717) is 6.42 Å². The molecule has 1 saturated heterocycles. The molecule has 1 heterocycles. The van der Waals surface area contributed by atoms with Gasteiger partial charge in [0.1, 0.15) is 24.4 Å². The van der Waals surface area contributed by atoms with Gasteiger partial charge in [-0.3, -0.25) is 9.35 Å². The van der Waals surface area contributed by atoms with Crippen molar-refractivity contribution in [1.82, 2.24) is 5.32 Å². The van der Waals surface area contributed by atoms with Crippen LogP contribution < -0.4 is 5.32 Å². The predicted molar refractivity (Wildman–Crippen MR) is 172 cm³/mol. The fourth-order valence-corrected chi connectivity index (χ4v) is 5.55. The highest BCUT2D eigenvalue weighted by Crippen LogP contribution is 2.26. The fourth-order valence-electron chi connectivity index (χ4n) is 5.04. The molecule has 1 rings (SSSR count). The Morgan fingerprint density at radius 2 is 1.42 bits per heavy atom. The molecule has 0 aromatic heterocycles. The number of aliphatic hydroxyl groups is 4. The van der Waals surface area contributed by atoms with E-state index in [1.807, 2.05) is 6.08 Å². The molecular weight excluding hydrogens is 606 g/mol. The van der Waals surface area contributed by atoms with Gasteiger partial charge >= 0.3 is 10.4 Å². The summed E-state index contributed by atoms with van der Waals surface area (Å²) in [4.78, 5) is 12.8. The van der Waals surface area contributed by atoms with Crippen LogP contribution in [0, 0.1) is 0 Å². The number of rotatable bonds is 26. The molecule has 12 nitrogen and oxygen atoms in total. The number of aliphatic hydroxyl groups excluding tert-OH is 4. The first-order valence-corrected chi connectivity index (χ1v) is 18.1. The molecule has 1 aliphatic rings. The molecule has 0 saturated carbocycles. The Hall–Kier alpha value is -1.42. The molecule has 7 atom stereocenters. The number of hydrogen-bond acceptors (Lipinski definition) is 10. The van der Waals surface area contributed by atoms with Crippen LogP contribution in [0.2, 0.25) is 0 Å². The maximum atomic E-state index is 12.8. The number of ether oxygens (including phenoxy) is 2. The molecule has 1 fully saturated rings. The molecule has 1 amide bonds. The quantitative estimate of drug-likeness (QED) is 0.0447. The van der Waals surface area contributed by atoms with E-state index < -0.39 is 59.9 Å². The van der Waals surface area contributed by atoms with E-state index in [9.17, 15) is 33.6 Å². The molecule has 0 aromatic rings. The van der Waals surface area contributed by atoms with Gasteiger partial charge in [-0.25, -0.2) is 4.18 Å². The van der Waals surface area contributed by atoms with Crippen molar-refractivity contribution in [3.63, 3.8) is 0 Å². The molecule has 1 aliphatic heterocycles. The van der Waals surface area contributed by atoms with Gasteiger partial charge < -0.3 is 35.2 Å². The first-order valence-electron chi connectivity index (χ1n) is 16.7. The average molecular weight is 666 g/mol. The maximum Gasteiger partial charge on any atom is 0.397 e. The average Bonchev–Trinajstić information content (AvgIpc) is 2.99.